The van der Waals surface area contributed by atoms with Crippen LogP contribution in [0.3, 0.4) is 0 Å². The lowest BCUT2D eigenvalue weighted by Crippen LogP contribution is -2.58. The molecule has 1 heterocycles. The van der Waals surface area contributed by atoms with Gasteiger partial charge in [0.15, 0.2) is 0 Å². The van der Waals surface area contributed by atoms with Gasteiger partial charge in [0.25, 0.3) is 5.92 Å². The Morgan fingerprint density at radius 2 is 1.81 bits per heavy atom. The summed E-state index contributed by atoms with van der Waals surface area (Å²) in [6.45, 7) is 4.86. The molecule has 1 aliphatic heterocycles. The fourth-order valence-corrected chi connectivity index (χ4v) is 3.27. The lowest BCUT2D eigenvalue weighted by atomic mass is 9.65. The van der Waals surface area contributed by atoms with E-state index in [1.807, 2.05) is 0 Å². The first-order chi connectivity index (χ1) is 9.55. The molecule has 0 atom stereocenters. The van der Waals surface area contributed by atoms with Gasteiger partial charge in [-0.3, -0.25) is 0 Å². The molecule has 2 fully saturated rings. The average Bonchev–Trinajstić information content (AvgIpc) is 2.33. The summed E-state index contributed by atoms with van der Waals surface area (Å²) in [5.74, 6) is -2.93. The van der Waals surface area contributed by atoms with Crippen molar-refractivity contribution in [3.8, 4) is 0 Å². The Morgan fingerprint density at radius 1 is 1.24 bits per heavy atom. The van der Waals surface area contributed by atoms with Crippen LogP contribution in [0.15, 0.2) is 0 Å². The first-order valence-corrected chi connectivity index (χ1v) is 7.59. The number of hydrogen-bond acceptors (Lipinski definition) is 3. The van der Waals surface area contributed by atoms with Gasteiger partial charge in [-0.25, -0.2) is 13.6 Å². The minimum atomic E-state index is -2.93. The quantitative estimate of drug-likeness (QED) is 0.748. The molecule has 0 aromatic carbocycles. The van der Waals surface area contributed by atoms with Gasteiger partial charge in [0, 0.05) is 12.0 Å². The van der Waals surface area contributed by atoms with Crippen LogP contribution in [-0.2, 0) is 4.74 Å². The minimum absolute atomic E-state index is 0.270. The highest BCUT2D eigenvalue weighted by Gasteiger charge is 2.58. The van der Waals surface area contributed by atoms with Crippen LogP contribution in [0.4, 0.5) is 13.6 Å². The summed E-state index contributed by atoms with van der Waals surface area (Å²) in [6, 6.07) is 0. The van der Waals surface area contributed by atoms with E-state index in [2.05, 4.69) is 0 Å². The summed E-state index contributed by atoms with van der Waals surface area (Å²) in [4.78, 5) is 13.1. The summed E-state index contributed by atoms with van der Waals surface area (Å²) in [5, 5.41) is 9.53. The van der Waals surface area contributed by atoms with Crippen LogP contribution in [0.25, 0.3) is 0 Å². The predicted molar refractivity (Wildman–Crippen MR) is 74.3 cm³/mol. The third-order valence-corrected chi connectivity index (χ3v) is 4.59. The molecule has 122 valence electrons. The molecule has 2 aliphatic rings. The Labute approximate surface area is 124 Å². The van der Waals surface area contributed by atoms with Crippen LogP contribution in [-0.4, -0.2) is 46.8 Å². The van der Waals surface area contributed by atoms with Crippen LogP contribution < -0.4 is 0 Å². The standard InChI is InChI=1S/C15H25F2NO3/c1-13(2,3)21-12(20)18-9-8-14(15(16,17)10-18)6-4-11(19)5-7-14/h11,19H,4-10H2,1-3H3. The van der Waals surface area contributed by atoms with Crippen molar-refractivity contribution < 1.29 is 23.4 Å². The molecule has 0 bridgehead atoms. The molecule has 0 radical (unpaired) electrons. The Kier molecular flexibility index (Phi) is 4.21. The Hall–Kier alpha value is -0.910. The highest BCUT2D eigenvalue weighted by molar-refractivity contribution is 5.68. The molecule has 21 heavy (non-hydrogen) atoms. The summed E-state index contributed by atoms with van der Waals surface area (Å²) in [7, 11) is 0. The zero-order chi connectivity index (χ0) is 15.9. The van der Waals surface area contributed by atoms with E-state index < -0.39 is 35.7 Å². The fourth-order valence-electron chi connectivity index (χ4n) is 3.27. The first-order valence-electron chi connectivity index (χ1n) is 7.59. The second kappa shape index (κ2) is 5.38. The Bertz CT molecular complexity index is 398. The molecular weight excluding hydrogens is 280 g/mol. The van der Waals surface area contributed by atoms with E-state index >= 15 is 0 Å². The Morgan fingerprint density at radius 3 is 2.29 bits per heavy atom. The Balaban J connectivity index is 2.04. The van der Waals surface area contributed by atoms with Gasteiger partial charge in [-0.1, -0.05) is 0 Å². The molecule has 1 saturated carbocycles. The molecule has 0 aromatic heterocycles. The molecule has 0 unspecified atom stereocenters. The van der Waals surface area contributed by atoms with Gasteiger partial charge >= 0.3 is 6.09 Å². The van der Waals surface area contributed by atoms with Crippen LogP contribution in [0.1, 0.15) is 52.9 Å². The molecule has 1 amide bonds. The number of carbonyl (C=O) groups excluding carboxylic acids is 1. The van der Waals surface area contributed by atoms with Crippen molar-refractivity contribution in [2.24, 2.45) is 5.41 Å². The van der Waals surface area contributed by atoms with E-state index in [-0.39, 0.29) is 6.42 Å². The number of hydrogen-bond donors (Lipinski definition) is 1. The molecule has 0 aromatic rings. The molecule has 1 N–H and O–H groups in total. The average molecular weight is 305 g/mol. The highest BCUT2D eigenvalue weighted by Crippen LogP contribution is 2.53. The van der Waals surface area contributed by atoms with Crippen molar-refractivity contribution in [3.05, 3.63) is 0 Å². The number of likely N-dealkylation sites (tertiary alicyclic amines) is 1. The van der Waals surface area contributed by atoms with Gasteiger partial charge in [0.2, 0.25) is 0 Å². The molecule has 4 nitrogen and oxygen atoms in total. The van der Waals surface area contributed by atoms with Crippen molar-refractivity contribution in [2.45, 2.75) is 70.5 Å². The van der Waals surface area contributed by atoms with Crippen LogP contribution in [0.2, 0.25) is 0 Å². The topological polar surface area (TPSA) is 49.8 Å². The second-order valence-corrected chi connectivity index (χ2v) is 7.37. The molecule has 1 saturated heterocycles. The number of piperidine rings is 1. The SMILES string of the molecule is CC(C)(C)OC(=O)N1CCC2(CCC(O)CC2)C(F)(F)C1. The summed E-state index contributed by atoms with van der Waals surface area (Å²) < 4.78 is 34.3. The molecule has 1 spiro atoms. The van der Waals surface area contributed by atoms with Crippen molar-refractivity contribution >= 4 is 6.09 Å². The highest BCUT2D eigenvalue weighted by atomic mass is 19.3. The number of aliphatic hydroxyl groups is 1. The third-order valence-electron chi connectivity index (χ3n) is 4.59. The number of nitrogens with zero attached hydrogens (tertiary/aromatic N) is 1. The second-order valence-electron chi connectivity index (χ2n) is 7.37. The van der Waals surface area contributed by atoms with Crippen LogP contribution in [0.5, 0.6) is 0 Å². The monoisotopic (exact) mass is 305 g/mol. The number of aliphatic hydroxyl groups excluding tert-OH is 1. The van der Waals surface area contributed by atoms with Gasteiger partial charge in [0.1, 0.15) is 5.60 Å². The van der Waals surface area contributed by atoms with Gasteiger partial charge in [-0.2, -0.15) is 0 Å². The summed E-state index contributed by atoms with van der Waals surface area (Å²) in [6.07, 6.45) is 0.617. The van der Waals surface area contributed by atoms with E-state index in [0.717, 1.165) is 4.90 Å². The van der Waals surface area contributed by atoms with Gasteiger partial charge in [0.05, 0.1) is 12.6 Å². The lowest BCUT2D eigenvalue weighted by molar-refractivity contribution is -0.185. The van der Waals surface area contributed by atoms with E-state index in [1.165, 1.54) is 0 Å². The number of amides is 1. The van der Waals surface area contributed by atoms with E-state index in [4.69, 9.17) is 4.74 Å². The zero-order valence-electron chi connectivity index (χ0n) is 13.0. The largest absolute Gasteiger partial charge is 0.444 e. The smallest absolute Gasteiger partial charge is 0.410 e. The number of alkyl halides is 2. The predicted octanol–water partition coefficient (Wildman–Crippen LogP) is 3.18. The third kappa shape index (κ3) is 3.47. The van der Waals surface area contributed by atoms with E-state index in [9.17, 15) is 18.7 Å². The fraction of sp³-hybridized carbons (Fsp3) is 0.933. The van der Waals surface area contributed by atoms with Crippen molar-refractivity contribution in [1.29, 1.82) is 0 Å². The molecule has 6 heteroatoms. The molecule has 2 rings (SSSR count). The number of rotatable bonds is 0. The molecular formula is C15H25F2NO3. The van der Waals surface area contributed by atoms with Gasteiger partial charge < -0.3 is 14.7 Å². The van der Waals surface area contributed by atoms with E-state index in [1.54, 1.807) is 20.8 Å². The lowest BCUT2D eigenvalue weighted by Gasteiger charge is -2.50. The molecule has 1 aliphatic carbocycles. The normalized spacial score (nSPS) is 33.0. The summed E-state index contributed by atoms with van der Waals surface area (Å²) in [5.41, 5.74) is -1.75. The first kappa shape index (κ1) is 16.5. The summed E-state index contributed by atoms with van der Waals surface area (Å²) >= 11 is 0. The maximum absolute atomic E-state index is 14.6. The van der Waals surface area contributed by atoms with Crippen molar-refractivity contribution in [3.63, 3.8) is 0 Å². The van der Waals surface area contributed by atoms with E-state index in [0.29, 0.717) is 32.2 Å². The van der Waals surface area contributed by atoms with Crippen LogP contribution in [0, 0.1) is 5.41 Å². The van der Waals surface area contributed by atoms with Crippen LogP contribution >= 0.6 is 0 Å². The maximum Gasteiger partial charge on any atom is 0.410 e. The van der Waals surface area contributed by atoms with Gasteiger partial charge in [-0.05, 0) is 52.9 Å². The number of carbonyl (C=O) groups is 1. The zero-order valence-corrected chi connectivity index (χ0v) is 13.0. The maximum atomic E-state index is 14.6. The minimum Gasteiger partial charge on any atom is -0.444 e. The van der Waals surface area contributed by atoms with Crippen molar-refractivity contribution in [2.75, 3.05) is 13.1 Å². The number of ether oxygens (including phenoxy) is 1. The number of halogens is 2. The van der Waals surface area contributed by atoms with Crippen molar-refractivity contribution in [1.82, 2.24) is 4.90 Å². The van der Waals surface area contributed by atoms with Gasteiger partial charge in [-0.15, -0.1) is 0 Å².